The number of aromatic nitrogens is 2. The fourth-order valence-electron chi connectivity index (χ4n) is 2.38. The molecule has 0 unspecified atom stereocenters. The molecule has 1 aromatic carbocycles. The molecule has 0 spiro atoms. The zero-order valence-corrected chi connectivity index (χ0v) is 14.8. The third-order valence-electron chi connectivity index (χ3n) is 3.76. The van der Waals surface area contributed by atoms with Gasteiger partial charge < -0.3 is 10.1 Å². The quantitative estimate of drug-likeness (QED) is 0.730. The Hall–Kier alpha value is -2.93. The average molecular weight is 354 g/mol. The van der Waals surface area contributed by atoms with Gasteiger partial charge in [-0.25, -0.2) is 9.78 Å². The van der Waals surface area contributed by atoms with Crippen LogP contribution in [0.15, 0.2) is 48.1 Å². The summed E-state index contributed by atoms with van der Waals surface area (Å²) in [5.74, 6) is 0.807. The second kappa shape index (κ2) is 7.76. The predicted molar refractivity (Wildman–Crippen MR) is 98.9 cm³/mol. The number of nitrogens with one attached hydrogen (secondary N) is 2. The Morgan fingerprint density at radius 3 is 2.80 bits per heavy atom. The van der Waals surface area contributed by atoms with Gasteiger partial charge in [-0.3, -0.25) is 10.3 Å². The van der Waals surface area contributed by atoms with E-state index in [2.05, 4.69) is 20.6 Å². The van der Waals surface area contributed by atoms with E-state index < -0.39 is 0 Å². The smallest absolute Gasteiger partial charge is 0.321 e. The molecule has 2 amide bonds. The molecule has 0 radical (unpaired) electrons. The topological polar surface area (TPSA) is 76.1 Å². The number of pyridine rings is 1. The summed E-state index contributed by atoms with van der Waals surface area (Å²) < 4.78 is 5.29. The second-order valence-corrected chi connectivity index (χ2v) is 6.18. The van der Waals surface area contributed by atoms with E-state index in [0.29, 0.717) is 11.7 Å². The summed E-state index contributed by atoms with van der Waals surface area (Å²) in [6.07, 6.45) is 3.43. The second-order valence-electron chi connectivity index (χ2n) is 5.33. The van der Waals surface area contributed by atoms with Crippen LogP contribution in [-0.2, 0) is 6.54 Å². The first-order valence-corrected chi connectivity index (χ1v) is 8.58. The molecule has 3 aromatic rings. The van der Waals surface area contributed by atoms with Gasteiger partial charge in [-0.1, -0.05) is 12.1 Å². The van der Waals surface area contributed by atoms with Crippen molar-refractivity contribution >= 4 is 22.5 Å². The number of urea groups is 1. The van der Waals surface area contributed by atoms with E-state index in [1.54, 1.807) is 19.5 Å². The Morgan fingerprint density at radius 2 is 2.04 bits per heavy atom. The Morgan fingerprint density at radius 1 is 1.24 bits per heavy atom. The van der Waals surface area contributed by atoms with Crippen LogP contribution in [0.5, 0.6) is 5.75 Å². The maximum absolute atomic E-state index is 12.1. The summed E-state index contributed by atoms with van der Waals surface area (Å²) >= 11 is 1.38. The maximum Gasteiger partial charge on any atom is 0.321 e. The molecule has 2 N–H and O–H groups in total. The number of benzene rings is 1. The molecule has 6 nitrogen and oxygen atoms in total. The molecule has 0 saturated carbocycles. The van der Waals surface area contributed by atoms with Crippen LogP contribution in [-0.4, -0.2) is 23.1 Å². The Bertz CT molecular complexity index is 865. The van der Waals surface area contributed by atoms with Gasteiger partial charge in [-0.2, -0.15) is 0 Å². The molecule has 0 atom stereocenters. The van der Waals surface area contributed by atoms with E-state index in [-0.39, 0.29) is 6.03 Å². The first-order valence-electron chi connectivity index (χ1n) is 7.70. The number of methoxy groups -OCH3 is 1. The summed E-state index contributed by atoms with van der Waals surface area (Å²) in [6.45, 7) is 2.38. The Balaban J connectivity index is 1.59. The molecule has 2 aromatic heterocycles. The summed E-state index contributed by atoms with van der Waals surface area (Å²) in [4.78, 5) is 20.5. The van der Waals surface area contributed by atoms with Crippen LogP contribution in [0.4, 0.5) is 9.93 Å². The lowest BCUT2D eigenvalue weighted by Crippen LogP contribution is -2.28. The van der Waals surface area contributed by atoms with Gasteiger partial charge in [0, 0.05) is 29.9 Å². The van der Waals surface area contributed by atoms with Gasteiger partial charge >= 0.3 is 6.03 Å². The Labute approximate surface area is 149 Å². The molecule has 3 rings (SSSR count). The van der Waals surface area contributed by atoms with Crippen molar-refractivity contribution in [2.24, 2.45) is 0 Å². The minimum atomic E-state index is -0.294. The van der Waals surface area contributed by atoms with Gasteiger partial charge in [-0.15, -0.1) is 11.3 Å². The lowest BCUT2D eigenvalue weighted by Gasteiger charge is -2.11. The molecule has 0 fully saturated rings. The van der Waals surface area contributed by atoms with Gasteiger partial charge in [0.2, 0.25) is 0 Å². The zero-order valence-electron chi connectivity index (χ0n) is 13.9. The summed E-state index contributed by atoms with van der Waals surface area (Å²) in [7, 11) is 1.63. The molecular weight excluding hydrogens is 336 g/mol. The molecule has 128 valence electrons. The number of anilines is 1. The molecule has 0 aliphatic carbocycles. The predicted octanol–water partition coefficient (Wildman–Crippen LogP) is 3.84. The normalized spacial score (nSPS) is 10.3. The highest BCUT2D eigenvalue weighted by molar-refractivity contribution is 7.14. The average Bonchev–Trinajstić information content (AvgIpc) is 3.10. The minimum Gasteiger partial charge on any atom is -0.496 e. The van der Waals surface area contributed by atoms with Crippen LogP contribution in [0.3, 0.4) is 0 Å². The van der Waals surface area contributed by atoms with Gasteiger partial charge in [0.25, 0.3) is 0 Å². The van der Waals surface area contributed by atoms with Gasteiger partial charge in [0.05, 0.1) is 12.8 Å². The Kier molecular flexibility index (Phi) is 5.25. The van der Waals surface area contributed by atoms with Crippen molar-refractivity contribution in [3.63, 3.8) is 0 Å². The first-order chi connectivity index (χ1) is 12.2. The number of amides is 2. The van der Waals surface area contributed by atoms with Crippen molar-refractivity contribution in [2.45, 2.75) is 13.5 Å². The van der Waals surface area contributed by atoms with Crippen LogP contribution >= 0.6 is 11.3 Å². The summed E-state index contributed by atoms with van der Waals surface area (Å²) in [5.41, 5.74) is 3.80. The number of carbonyl (C=O) groups is 1. The van der Waals surface area contributed by atoms with Crippen molar-refractivity contribution < 1.29 is 9.53 Å². The van der Waals surface area contributed by atoms with E-state index >= 15 is 0 Å². The molecular formula is C18H18N4O2S. The van der Waals surface area contributed by atoms with Crippen LogP contribution in [0.2, 0.25) is 0 Å². The summed E-state index contributed by atoms with van der Waals surface area (Å²) in [5, 5.41) is 8.05. The molecule has 0 bridgehead atoms. The van der Waals surface area contributed by atoms with Gasteiger partial charge in [0.15, 0.2) is 5.13 Å². The molecule has 2 heterocycles. The van der Waals surface area contributed by atoms with Crippen LogP contribution in [0.25, 0.3) is 11.3 Å². The standard InChI is InChI=1S/C18H18N4O2S/c1-12-14(4-3-5-16(12)24-2)10-20-17(23)22-18-21-15(11-25-18)13-6-8-19-9-7-13/h3-9,11H,10H2,1-2H3,(H2,20,21,22,23). The van der Waals surface area contributed by atoms with Crippen LogP contribution in [0, 0.1) is 6.92 Å². The third-order valence-corrected chi connectivity index (χ3v) is 4.51. The number of hydrogen-bond donors (Lipinski definition) is 2. The number of nitrogens with zero attached hydrogens (tertiary/aromatic N) is 2. The monoisotopic (exact) mass is 354 g/mol. The molecule has 0 aliphatic rings. The lowest BCUT2D eigenvalue weighted by molar-refractivity contribution is 0.251. The van der Waals surface area contributed by atoms with Crippen molar-refractivity contribution in [1.82, 2.24) is 15.3 Å². The van der Waals surface area contributed by atoms with Crippen LogP contribution in [0.1, 0.15) is 11.1 Å². The summed E-state index contributed by atoms with van der Waals surface area (Å²) in [6, 6.07) is 9.23. The van der Waals surface area contributed by atoms with Crippen molar-refractivity contribution in [1.29, 1.82) is 0 Å². The highest BCUT2D eigenvalue weighted by Gasteiger charge is 2.09. The fourth-order valence-corrected chi connectivity index (χ4v) is 3.09. The third kappa shape index (κ3) is 4.13. The van der Waals surface area contributed by atoms with E-state index in [9.17, 15) is 4.79 Å². The van der Waals surface area contributed by atoms with E-state index in [0.717, 1.165) is 28.1 Å². The van der Waals surface area contributed by atoms with Gasteiger partial charge in [-0.05, 0) is 36.2 Å². The van der Waals surface area contributed by atoms with Crippen molar-refractivity contribution in [3.05, 3.63) is 59.2 Å². The molecule has 0 saturated heterocycles. The number of ether oxygens (including phenoxy) is 1. The fraction of sp³-hybridized carbons (Fsp3) is 0.167. The van der Waals surface area contributed by atoms with E-state index in [1.807, 2.05) is 42.6 Å². The highest BCUT2D eigenvalue weighted by Crippen LogP contribution is 2.24. The molecule has 0 aliphatic heterocycles. The zero-order chi connectivity index (χ0) is 17.6. The molecule has 7 heteroatoms. The number of thiazole rings is 1. The minimum absolute atomic E-state index is 0.294. The van der Waals surface area contributed by atoms with Gasteiger partial charge in [0.1, 0.15) is 5.75 Å². The van der Waals surface area contributed by atoms with E-state index in [4.69, 9.17) is 4.74 Å². The van der Waals surface area contributed by atoms with E-state index in [1.165, 1.54) is 11.3 Å². The number of rotatable bonds is 5. The maximum atomic E-state index is 12.1. The largest absolute Gasteiger partial charge is 0.496 e. The van der Waals surface area contributed by atoms with Crippen molar-refractivity contribution in [3.8, 4) is 17.0 Å². The van der Waals surface area contributed by atoms with Crippen LogP contribution < -0.4 is 15.4 Å². The highest BCUT2D eigenvalue weighted by atomic mass is 32.1. The number of hydrogen-bond acceptors (Lipinski definition) is 5. The first kappa shape index (κ1) is 16.9. The SMILES string of the molecule is COc1cccc(CNC(=O)Nc2nc(-c3ccncc3)cs2)c1C. The van der Waals surface area contributed by atoms with Crippen molar-refractivity contribution in [2.75, 3.05) is 12.4 Å². The molecule has 25 heavy (non-hydrogen) atoms. The number of carbonyl (C=O) groups excluding carboxylic acids is 1. The lowest BCUT2D eigenvalue weighted by atomic mass is 10.1.